The molecule has 4 fully saturated rings. The molecule has 0 atom stereocenters. The predicted octanol–water partition coefficient (Wildman–Crippen LogP) is 2.67. The standard InChI is InChI=1S/C13H23N/c1-2-14-8-13-11-4-9-3-10(6-11)7-12(13)5-9/h9-14H,2-8H2,1H3. The Kier molecular flexibility index (Phi) is 2.31. The van der Waals surface area contributed by atoms with Gasteiger partial charge in [-0.15, -0.1) is 0 Å². The largest absolute Gasteiger partial charge is 0.317 e. The molecule has 0 aromatic carbocycles. The fourth-order valence-corrected chi connectivity index (χ4v) is 4.68. The maximum Gasteiger partial charge on any atom is -0.00153 e. The molecule has 4 aliphatic rings. The van der Waals surface area contributed by atoms with E-state index in [2.05, 4.69) is 12.2 Å². The number of hydrogen-bond donors (Lipinski definition) is 1. The summed E-state index contributed by atoms with van der Waals surface area (Å²) in [5.41, 5.74) is 0. The van der Waals surface area contributed by atoms with Crippen molar-refractivity contribution in [2.75, 3.05) is 13.1 Å². The van der Waals surface area contributed by atoms with Gasteiger partial charge >= 0.3 is 0 Å². The van der Waals surface area contributed by atoms with E-state index in [1.807, 2.05) is 0 Å². The lowest BCUT2D eigenvalue weighted by molar-refractivity contribution is -0.0352. The molecule has 4 aliphatic carbocycles. The van der Waals surface area contributed by atoms with E-state index in [1.54, 1.807) is 32.1 Å². The lowest BCUT2D eigenvalue weighted by atomic mass is 9.52. The van der Waals surface area contributed by atoms with Crippen LogP contribution in [0.5, 0.6) is 0 Å². The molecule has 0 saturated heterocycles. The molecule has 0 aliphatic heterocycles. The summed E-state index contributed by atoms with van der Waals surface area (Å²) in [5, 5.41) is 3.58. The summed E-state index contributed by atoms with van der Waals surface area (Å²) in [6, 6.07) is 0. The van der Waals surface area contributed by atoms with Gasteiger partial charge in [-0.2, -0.15) is 0 Å². The molecule has 4 bridgehead atoms. The summed E-state index contributed by atoms with van der Waals surface area (Å²) < 4.78 is 0. The first kappa shape index (κ1) is 9.21. The van der Waals surface area contributed by atoms with E-state index >= 15 is 0 Å². The zero-order valence-electron chi connectivity index (χ0n) is 9.34. The van der Waals surface area contributed by atoms with Crippen molar-refractivity contribution in [3.8, 4) is 0 Å². The van der Waals surface area contributed by atoms with Crippen LogP contribution in [0.1, 0.15) is 39.0 Å². The molecule has 0 amide bonds. The second-order valence-electron chi connectivity index (χ2n) is 5.90. The Balaban J connectivity index is 1.69. The maximum atomic E-state index is 3.58. The summed E-state index contributed by atoms with van der Waals surface area (Å²) in [6.07, 6.45) is 7.87. The van der Waals surface area contributed by atoms with Gasteiger partial charge in [0.1, 0.15) is 0 Å². The fourth-order valence-electron chi connectivity index (χ4n) is 4.68. The van der Waals surface area contributed by atoms with Gasteiger partial charge in [-0.25, -0.2) is 0 Å². The highest BCUT2D eigenvalue weighted by atomic mass is 14.9. The molecule has 0 aromatic heterocycles. The summed E-state index contributed by atoms with van der Waals surface area (Å²) in [7, 11) is 0. The SMILES string of the molecule is CCNCC1C2CC3CC(C2)CC1C3. The molecule has 14 heavy (non-hydrogen) atoms. The molecule has 0 heterocycles. The first-order chi connectivity index (χ1) is 6.86. The average molecular weight is 193 g/mol. The lowest BCUT2D eigenvalue weighted by Crippen LogP contribution is -2.48. The van der Waals surface area contributed by atoms with Crippen molar-refractivity contribution in [3.63, 3.8) is 0 Å². The van der Waals surface area contributed by atoms with Gasteiger partial charge in [-0.05, 0) is 74.8 Å². The molecular weight excluding hydrogens is 170 g/mol. The Labute approximate surface area is 87.7 Å². The highest BCUT2D eigenvalue weighted by molar-refractivity contribution is 4.98. The Morgan fingerprint density at radius 2 is 1.50 bits per heavy atom. The van der Waals surface area contributed by atoms with Crippen molar-refractivity contribution in [2.24, 2.45) is 29.6 Å². The van der Waals surface area contributed by atoms with Crippen molar-refractivity contribution in [1.29, 1.82) is 0 Å². The van der Waals surface area contributed by atoms with Gasteiger partial charge in [-0.3, -0.25) is 0 Å². The highest BCUT2D eigenvalue weighted by Crippen LogP contribution is 2.56. The molecule has 0 radical (unpaired) electrons. The molecular formula is C13H23N. The van der Waals surface area contributed by atoms with Gasteiger partial charge in [0.2, 0.25) is 0 Å². The first-order valence-corrected chi connectivity index (χ1v) is 6.57. The normalized spacial score (nSPS) is 49.9. The van der Waals surface area contributed by atoms with E-state index in [-0.39, 0.29) is 0 Å². The van der Waals surface area contributed by atoms with Crippen molar-refractivity contribution in [3.05, 3.63) is 0 Å². The van der Waals surface area contributed by atoms with Crippen LogP contribution in [0, 0.1) is 29.6 Å². The van der Waals surface area contributed by atoms with E-state index in [0.717, 1.165) is 36.1 Å². The van der Waals surface area contributed by atoms with Gasteiger partial charge < -0.3 is 5.32 Å². The molecule has 4 rings (SSSR count). The van der Waals surface area contributed by atoms with Crippen LogP contribution in [0.4, 0.5) is 0 Å². The molecule has 1 N–H and O–H groups in total. The van der Waals surface area contributed by atoms with Gasteiger partial charge in [0.05, 0.1) is 0 Å². The minimum atomic E-state index is 1.04. The van der Waals surface area contributed by atoms with Crippen molar-refractivity contribution < 1.29 is 0 Å². The molecule has 0 unspecified atom stereocenters. The Morgan fingerprint density at radius 3 is 2.00 bits per heavy atom. The predicted molar refractivity (Wildman–Crippen MR) is 59.1 cm³/mol. The summed E-state index contributed by atoms with van der Waals surface area (Å²) in [5.74, 6) is 5.52. The monoisotopic (exact) mass is 193 g/mol. The minimum absolute atomic E-state index is 1.04. The molecule has 1 heteroatoms. The Morgan fingerprint density at radius 1 is 0.929 bits per heavy atom. The number of nitrogens with one attached hydrogen (secondary N) is 1. The molecule has 4 saturated carbocycles. The van der Waals surface area contributed by atoms with Crippen LogP contribution in [0.25, 0.3) is 0 Å². The fraction of sp³-hybridized carbons (Fsp3) is 1.00. The molecule has 80 valence electrons. The van der Waals surface area contributed by atoms with Gasteiger partial charge in [-0.1, -0.05) is 6.92 Å². The van der Waals surface area contributed by atoms with Gasteiger partial charge in [0.15, 0.2) is 0 Å². The first-order valence-electron chi connectivity index (χ1n) is 6.57. The quantitative estimate of drug-likeness (QED) is 0.726. The molecule has 1 nitrogen and oxygen atoms in total. The average Bonchev–Trinajstić information content (AvgIpc) is 2.15. The third kappa shape index (κ3) is 1.41. The summed E-state index contributed by atoms with van der Waals surface area (Å²) in [6.45, 7) is 4.70. The van der Waals surface area contributed by atoms with E-state index in [0.29, 0.717) is 0 Å². The van der Waals surface area contributed by atoms with Gasteiger partial charge in [0, 0.05) is 0 Å². The smallest absolute Gasteiger partial charge is 0.00153 e. The third-order valence-electron chi connectivity index (χ3n) is 5.05. The van der Waals surface area contributed by atoms with Crippen LogP contribution in [0.2, 0.25) is 0 Å². The van der Waals surface area contributed by atoms with E-state index in [9.17, 15) is 0 Å². The zero-order valence-corrected chi connectivity index (χ0v) is 9.34. The Hall–Kier alpha value is -0.0400. The van der Waals surface area contributed by atoms with Crippen LogP contribution >= 0.6 is 0 Å². The highest BCUT2D eigenvalue weighted by Gasteiger charge is 2.47. The van der Waals surface area contributed by atoms with E-state index < -0.39 is 0 Å². The lowest BCUT2D eigenvalue weighted by Gasteiger charge is -2.54. The van der Waals surface area contributed by atoms with E-state index in [4.69, 9.17) is 0 Å². The summed E-state index contributed by atoms with van der Waals surface area (Å²) in [4.78, 5) is 0. The van der Waals surface area contributed by atoms with Crippen molar-refractivity contribution >= 4 is 0 Å². The number of hydrogen-bond acceptors (Lipinski definition) is 1. The maximum absolute atomic E-state index is 3.58. The third-order valence-corrected chi connectivity index (χ3v) is 5.05. The van der Waals surface area contributed by atoms with Crippen molar-refractivity contribution in [2.45, 2.75) is 39.0 Å². The minimum Gasteiger partial charge on any atom is -0.317 e. The van der Waals surface area contributed by atoms with Crippen LogP contribution in [-0.2, 0) is 0 Å². The topological polar surface area (TPSA) is 12.0 Å². The van der Waals surface area contributed by atoms with E-state index in [1.165, 1.54) is 6.54 Å². The Bertz CT molecular complexity index is 183. The van der Waals surface area contributed by atoms with Crippen LogP contribution in [0.15, 0.2) is 0 Å². The second kappa shape index (κ2) is 3.52. The van der Waals surface area contributed by atoms with Crippen LogP contribution in [-0.4, -0.2) is 13.1 Å². The van der Waals surface area contributed by atoms with Crippen molar-refractivity contribution in [1.82, 2.24) is 5.32 Å². The molecule has 0 spiro atoms. The molecule has 0 aromatic rings. The summed E-state index contributed by atoms with van der Waals surface area (Å²) >= 11 is 0. The number of rotatable bonds is 3. The zero-order chi connectivity index (χ0) is 9.54. The van der Waals surface area contributed by atoms with Gasteiger partial charge in [0.25, 0.3) is 0 Å². The van der Waals surface area contributed by atoms with Crippen LogP contribution < -0.4 is 5.32 Å². The van der Waals surface area contributed by atoms with Crippen LogP contribution in [0.3, 0.4) is 0 Å². The second-order valence-corrected chi connectivity index (χ2v) is 5.90.